The van der Waals surface area contributed by atoms with Crippen LogP contribution in [0.25, 0.3) is 5.65 Å². The van der Waals surface area contributed by atoms with Crippen molar-refractivity contribution in [2.75, 3.05) is 0 Å². The number of carbonyl (C=O) groups excluding carboxylic acids is 1. The maximum absolute atomic E-state index is 12.2. The summed E-state index contributed by atoms with van der Waals surface area (Å²) in [5.74, 6) is -0.0352. The zero-order valence-electron chi connectivity index (χ0n) is 12.6. The van der Waals surface area contributed by atoms with E-state index < -0.39 is 0 Å². The normalized spacial score (nSPS) is 12.3. The molecule has 2 aromatic heterocycles. The topological polar surface area (TPSA) is 46.4 Å². The summed E-state index contributed by atoms with van der Waals surface area (Å²) >= 11 is 7.57. The Bertz CT molecular complexity index is 800. The van der Waals surface area contributed by atoms with Crippen LogP contribution in [0.4, 0.5) is 0 Å². The molecule has 118 valence electrons. The summed E-state index contributed by atoms with van der Waals surface area (Å²) in [5, 5.41) is 3.36. The van der Waals surface area contributed by atoms with Crippen molar-refractivity contribution in [3.05, 3.63) is 65.6 Å². The first kappa shape index (κ1) is 15.9. The van der Waals surface area contributed by atoms with Gasteiger partial charge < -0.3 is 9.72 Å². The minimum atomic E-state index is -0.230. The molecule has 0 spiro atoms. The Balaban J connectivity index is 1.59. The maximum Gasteiger partial charge on any atom is 0.233 e. The van der Waals surface area contributed by atoms with E-state index in [1.165, 1.54) is 11.8 Å². The van der Waals surface area contributed by atoms with Gasteiger partial charge in [0, 0.05) is 17.3 Å². The Morgan fingerprint density at radius 3 is 2.87 bits per heavy atom. The molecule has 1 aromatic carbocycles. The number of fused-ring (bicyclic) bond motifs is 1. The number of nitrogens with one attached hydrogen (secondary N) is 1. The van der Waals surface area contributed by atoms with E-state index >= 15 is 0 Å². The molecule has 0 saturated carbocycles. The summed E-state index contributed by atoms with van der Waals surface area (Å²) in [7, 11) is 0. The molecule has 0 unspecified atom stereocenters. The van der Waals surface area contributed by atoms with Gasteiger partial charge in [0.25, 0.3) is 0 Å². The summed E-state index contributed by atoms with van der Waals surface area (Å²) in [6.07, 6.45) is 3.85. The number of amides is 1. The van der Waals surface area contributed by atoms with E-state index in [2.05, 4.69) is 10.3 Å². The molecule has 3 aromatic rings. The van der Waals surface area contributed by atoms with Crippen molar-refractivity contribution in [2.24, 2.45) is 0 Å². The molecule has 3 rings (SSSR count). The smallest absolute Gasteiger partial charge is 0.233 e. The molecule has 0 saturated heterocycles. The summed E-state index contributed by atoms with van der Waals surface area (Å²) in [6, 6.07) is 13.3. The van der Waals surface area contributed by atoms with Crippen molar-refractivity contribution in [1.82, 2.24) is 14.7 Å². The van der Waals surface area contributed by atoms with E-state index in [0.29, 0.717) is 11.6 Å². The predicted octanol–water partition coefficient (Wildman–Crippen LogP) is 3.78. The molecule has 0 bridgehead atoms. The first-order chi connectivity index (χ1) is 11.1. The van der Waals surface area contributed by atoms with Gasteiger partial charge in [-0.05, 0) is 31.2 Å². The monoisotopic (exact) mass is 345 g/mol. The molecular formula is C17H16ClN3OS. The van der Waals surface area contributed by atoms with Crippen LogP contribution in [0.2, 0.25) is 5.02 Å². The van der Waals surface area contributed by atoms with Gasteiger partial charge in [-0.25, -0.2) is 4.98 Å². The molecule has 0 radical (unpaired) electrons. The van der Waals surface area contributed by atoms with Gasteiger partial charge >= 0.3 is 0 Å². The Morgan fingerprint density at radius 2 is 2.09 bits per heavy atom. The van der Waals surface area contributed by atoms with E-state index in [-0.39, 0.29) is 11.2 Å². The number of thioether (sulfide) groups is 1. The van der Waals surface area contributed by atoms with Crippen LogP contribution in [0.1, 0.15) is 12.6 Å². The van der Waals surface area contributed by atoms with Crippen molar-refractivity contribution < 1.29 is 4.79 Å². The SMILES string of the molecule is C[C@@H](Sc1ccccc1Cl)C(=O)NCc1cn2ccccc2n1. The van der Waals surface area contributed by atoms with E-state index in [0.717, 1.165) is 16.2 Å². The second-order valence-corrected chi connectivity index (χ2v) is 6.90. The Morgan fingerprint density at radius 1 is 1.30 bits per heavy atom. The second kappa shape index (κ2) is 7.06. The van der Waals surface area contributed by atoms with Crippen molar-refractivity contribution in [3.8, 4) is 0 Å². The average molecular weight is 346 g/mol. The number of hydrogen-bond donors (Lipinski definition) is 1. The fraction of sp³-hybridized carbons (Fsp3) is 0.176. The van der Waals surface area contributed by atoms with Crippen LogP contribution >= 0.6 is 23.4 Å². The van der Waals surface area contributed by atoms with Gasteiger partial charge in [0.2, 0.25) is 5.91 Å². The molecule has 2 heterocycles. The zero-order chi connectivity index (χ0) is 16.2. The van der Waals surface area contributed by atoms with E-state index in [1.54, 1.807) is 0 Å². The molecule has 0 aliphatic heterocycles. The molecule has 4 nitrogen and oxygen atoms in total. The molecular weight excluding hydrogens is 330 g/mol. The van der Waals surface area contributed by atoms with Crippen LogP contribution in [0.15, 0.2) is 59.8 Å². The van der Waals surface area contributed by atoms with Gasteiger partial charge in [0.15, 0.2) is 0 Å². The van der Waals surface area contributed by atoms with Crippen LogP contribution in [-0.2, 0) is 11.3 Å². The number of pyridine rings is 1. The predicted molar refractivity (Wildman–Crippen MR) is 93.8 cm³/mol. The van der Waals surface area contributed by atoms with Gasteiger partial charge in [-0.1, -0.05) is 29.8 Å². The Hall–Kier alpha value is -1.98. The number of hydrogen-bond acceptors (Lipinski definition) is 3. The molecule has 1 amide bonds. The summed E-state index contributed by atoms with van der Waals surface area (Å²) in [4.78, 5) is 17.6. The number of imidazole rings is 1. The van der Waals surface area contributed by atoms with Gasteiger partial charge in [-0.2, -0.15) is 0 Å². The number of carbonyl (C=O) groups is 1. The first-order valence-corrected chi connectivity index (χ1v) is 8.51. The highest BCUT2D eigenvalue weighted by atomic mass is 35.5. The minimum absolute atomic E-state index is 0.0352. The van der Waals surface area contributed by atoms with Crippen LogP contribution in [0, 0.1) is 0 Å². The molecule has 1 atom stereocenters. The van der Waals surface area contributed by atoms with E-state index in [9.17, 15) is 4.79 Å². The molecule has 6 heteroatoms. The van der Waals surface area contributed by atoms with E-state index in [1.807, 2.05) is 66.2 Å². The van der Waals surface area contributed by atoms with Gasteiger partial charge in [0.1, 0.15) is 5.65 Å². The third-order valence-electron chi connectivity index (χ3n) is 3.37. The van der Waals surface area contributed by atoms with Crippen LogP contribution in [0.5, 0.6) is 0 Å². The zero-order valence-corrected chi connectivity index (χ0v) is 14.1. The largest absolute Gasteiger partial charge is 0.349 e. The third-order valence-corrected chi connectivity index (χ3v) is 4.99. The number of halogens is 1. The molecule has 23 heavy (non-hydrogen) atoms. The highest BCUT2D eigenvalue weighted by Crippen LogP contribution is 2.29. The standard InChI is InChI=1S/C17H16ClN3OS/c1-12(23-15-7-3-2-6-14(15)18)17(22)19-10-13-11-21-9-5-4-8-16(21)20-13/h2-9,11-12H,10H2,1H3,(H,19,22)/t12-/m1/s1. The van der Waals surface area contributed by atoms with Crippen molar-refractivity contribution in [1.29, 1.82) is 0 Å². The van der Waals surface area contributed by atoms with Crippen molar-refractivity contribution in [3.63, 3.8) is 0 Å². The third kappa shape index (κ3) is 3.86. The first-order valence-electron chi connectivity index (χ1n) is 7.25. The number of benzene rings is 1. The summed E-state index contributed by atoms with van der Waals surface area (Å²) in [5.41, 5.74) is 1.70. The molecule has 0 aliphatic rings. The van der Waals surface area contributed by atoms with Gasteiger partial charge in [0.05, 0.1) is 22.5 Å². The fourth-order valence-corrected chi connectivity index (χ4v) is 3.36. The van der Waals surface area contributed by atoms with Gasteiger partial charge in [-0.15, -0.1) is 11.8 Å². The van der Waals surface area contributed by atoms with Crippen LogP contribution in [-0.4, -0.2) is 20.5 Å². The fourth-order valence-electron chi connectivity index (χ4n) is 2.18. The number of rotatable bonds is 5. The van der Waals surface area contributed by atoms with Crippen molar-refractivity contribution >= 4 is 34.9 Å². The molecule has 1 N–H and O–H groups in total. The average Bonchev–Trinajstić information content (AvgIpc) is 2.97. The number of aromatic nitrogens is 2. The summed E-state index contributed by atoms with van der Waals surface area (Å²) in [6.45, 7) is 2.28. The number of nitrogens with zero attached hydrogens (tertiary/aromatic N) is 2. The lowest BCUT2D eigenvalue weighted by Gasteiger charge is -2.12. The lowest BCUT2D eigenvalue weighted by Crippen LogP contribution is -2.30. The Kier molecular flexibility index (Phi) is 4.88. The molecule has 0 aliphatic carbocycles. The minimum Gasteiger partial charge on any atom is -0.349 e. The van der Waals surface area contributed by atoms with Crippen LogP contribution < -0.4 is 5.32 Å². The Labute approximate surface area is 143 Å². The van der Waals surface area contributed by atoms with Crippen molar-refractivity contribution in [2.45, 2.75) is 23.6 Å². The molecule has 0 fully saturated rings. The lowest BCUT2D eigenvalue weighted by atomic mass is 10.4. The van der Waals surface area contributed by atoms with Crippen LogP contribution in [0.3, 0.4) is 0 Å². The lowest BCUT2D eigenvalue weighted by molar-refractivity contribution is -0.120. The maximum atomic E-state index is 12.2. The highest BCUT2D eigenvalue weighted by molar-refractivity contribution is 8.00. The van der Waals surface area contributed by atoms with E-state index in [4.69, 9.17) is 11.6 Å². The summed E-state index contributed by atoms with van der Waals surface area (Å²) < 4.78 is 1.93. The second-order valence-electron chi connectivity index (χ2n) is 5.11. The quantitative estimate of drug-likeness (QED) is 0.716. The van der Waals surface area contributed by atoms with Gasteiger partial charge in [-0.3, -0.25) is 4.79 Å². The highest BCUT2D eigenvalue weighted by Gasteiger charge is 2.15.